The molecule has 1 aromatic carbocycles. The van der Waals surface area contributed by atoms with E-state index in [-0.39, 0.29) is 22.8 Å². The zero-order valence-electron chi connectivity index (χ0n) is 12.7. The number of methoxy groups -OCH3 is 1. The quantitative estimate of drug-likeness (QED) is 0.905. The number of halogens is 1. The minimum atomic E-state index is -3.83. The van der Waals surface area contributed by atoms with Crippen LogP contribution >= 0.6 is 11.3 Å². The third-order valence-corrected chi connectivity index (χ3v) is 5.71. The van der Waals surface area contributed by atoms with E-state index in [2.05, 4.69) is 9.71 Å². The van der Waals surface area contributed by atoms with Crippen LogP contribution in [-0.2, 0) is 16.6 Å². The van der Waals surface area contributed by atoms with Crippen molar-refractivity contribution in [3.63, 3.8) is 0 Å². The smallest absolute Gasteiger partial charge is 0.241 e. The molecule has 2 aromatic rings. The van der Waals surface area contributed by atoms with Crippen molar-refractivity contribution in [3.05, 3.63) is 39.1 Å². The first kappa shape index (κ1) is 16.9. The van der Waals surface area contributed by atoms with Gasteiger partial charge in [0, 0.05) is 10.4 Å². The van der Waals surface area contributed by atoms with Crippen molar-refractivity contribution >= 4 is 21.4 Å². The molecule has 0 bridgehead atoms. The van der Waals surface area contributed by atoms with Gasteiger partial charge in [0.05, 0.1) is 29.3 Å². The predicted molar refractivity (Wildman–Crippen MR) is 83.3 cm³/mol. The van der Waals surface area contributed by atoms with Gasteiger partial charge in [-0.1, -0.05) is 0 Å². The number of ether oxygens (including phenoxy) is 1. The van der Waals surface area contributed by atoms with Crippen LogP contribution < -0.4 is 9.46 Å². The van der Waals surface area contributed by atoms with Crippen LogP contribution in [0.25, 0.3) is 0 Å². The molecule has 1 aromatic heterocycles. The Labute approximate surface area is 133 Å². The summed E-state index contributed by atoms with van der Waals surface area (Å²) in [5, 5.41) is 0.873. The number of hydrogen-bond donors (Lipinski definition) is 1. The van der Waals surface area contributed by atoms with Gasteiger partial charge >= 0.3 is 0 Å². The van der Waals surface area contributed by atoms with Crippen LogP contribution in [0.3, 0.4) is 0 Å². The lowest BCUT2D eigenvalue weighted by Gasteiger charge is -2.11. The molecule has 120 valence electrons. The molecule has 5 nitrogen and oxygen atoms in total. The molecule has 0 saturated carbocycles. The monoisotopic (exact) mass is 344 g/mol. The highest BCUT2D eigenvalue weighted by Gasteiger charge is 2.21. The first-order chi connectivity index (χ1) is 10.3. The Hall–Kier alpha value is -1.51. The van der Waals surface area contributed by atoms with Gasteiger partial charge in [0.1, 0.15) is 0 Å². The van der Waals surface area contributed by atoms with Gasteiger partial charge in [-0.3, -0.25) is 0 Å². The molecule has 0 unspecified atom stereocenters. The fraction of sp³-hybridized carbons (Fsp3) is 0.357. The van der Waals surface area contributed by atoms with Crippen molar-refractivity contribution in [2.75, 3.05) is 7.11 Å². The molecule has 1 N–H and O–H groups in total. The van der Waals surface area contributed by atoms with Crippen molar-refractivity contribution < 1.29 is 17.5 Å². The van der Waals surface area contributed by atoms with Crippen LogP contribution in [-0.4, -0.2) is 20.5 Å². The van der Waals surface area contributed by atoms with E-state index in [9.17, 15) is 12.8 Å². The Morgan fingerprint density at radius 1 is 1.32 bits per heavy atom. The normalized spacial score (nSPS) is 11.7. The van der Waals surface area contributed by atoms with E-state index in [1.807, 2.05) is 13.8 Å². The molecule has 0 fully saturated rings. The molecule has 0 spiro atoms. The summed E-state index contributed by atoms with van der Waals surface area (Å²) in [5.41, 5.74) is 0.704. The van der Waals surface area contributed by atoms with Crippen LogP contribution in [0, 0.1) is 26.6 Å². The Morgan fingerprint density at radius 3 is 2.55 bits per heavy atom. The van der Waals surface area contributed by atoms with Crippen LogP contribution in [0.2, 0.25) is 0 Å². The van der Waals surface area contributed by atoms with Gasteiger partial charge in [0.25, 0.3) is 0 Å². The van der Waals surface area contributed by atoms with Crippen molar-refractivity contribution in [1.29, 1.82) is 0 Å². The summed E-state index contributed by atoms with van der Waals surface area (Å²) in [7, 11) is -2.49. The number of aromatic nitrogens is 1. The van der Waals surface area contributed by atoms with Crippen LogP contribution in [0.5, 0.6) is 5.75 Å². The molecule has 8 heteroatoms. The first-order valence-electron chi connectivity index (χ1n) is 6.52. The highest BCUT2D eigenvalue weighted by Crippen LogP contribution is 2.26. The summed E-state index contributed by atoms with van der Waals surface area (Å²) in [6, 6.07) is 2.63. The maximum atomic E-state index is 14.0. The van der Waals surface area contributed by atoms with Crippen molar-refractivity contribution in [3.8, 4) is 5.75 Å². The fourth-order valence-corrected chi connectivity index (χ4v) is 4.13. The van der Waals surface area contributed by atoms with Gasteiger partial charge in [-0.2, -0.15) is 0 Å². The number of aryl methyl sites for hydroxylation is 2. The molecule has 0 aliphatic heterocycles. The third kappa shape index (κ3) is 3.29. The second-order valence-corrected chi connectivity index (χ2v) is 7.91. The van der Waals surface area contributed by atoms with Gasteiger partial charge in [-0.25, -0.2) is 22.5 Å². The van der Waals surface area contributed by atoms with Gasteiger partial charge < -0.3 is 4.74 Å². The zero-order chi connectivity index (χ0) is 16.5. The zero-order valence-corrected chi connectivity index (χ0v) is 14.4. The van der Waals surface area contributed by atoms with Crippen molar-refractivity contribution in [2.45, 2.75) is 32.2 Å². The maximum Gasteiger partial charge on any atom is 0.241 e. The fourth-order valence-electron chi connectivity index (χ4n) is 2.07. The molecule has 0 aliphatic carbocycles. The van der Waals surface area contributed by atoms with E-state index in [0.29, 0.717) is 5.69 Å². The van der Waals surface area contributed by atoms with Gasteiger partial charge in [0.2, 0.25) is 10.0 Å². The van der Waals surface area contributed by atoms with E-state index < -0.39 is 15.8 Å². The Morgan fingerprint density at radius 2 is 2.00 bits per heavy atom. The maximum absolute atomic E-state index is 14.0. The number of thiazole rings is 1. The van der Waals surface area contributed by atoms with Crippen LogP contribution in [0.15, 0.2) is 17.0 Å². The van der Waals surface area contributed by atoms with Crippen molar-refractivity contribution in [2.24, 2.45) is 0 Å². The number of hydrogen-bond acceptors (Lipinski definition) is 5. The van der Waals surface area contributed by atoms with Gasteiger partial charge in [-0.05, 0) is 32.9 Å². The lowest BCUT2D eigenvalue weighted by atomic mass is 10.2. The van der Waals surface area contributed by atoms with Gasteiger partial charge in [-0.15, -0.1) is 11.3 Å². The second-order valence-electron chi connectivity index (χ2n) is 4.77. The molecule has 22 heavy (non-hydrogen) atoms. The molecular weight excluding hydrogens is 327 g/mol. The Kier molecular flexibility index (Phi) is 4.84. The van der Waals surface area contributed by atoms with E-state index in [1.54, 1.807) is 0 Å². The topological polar surface area (TPSA) is 68.3 Å². The average Bonchev–Trinajstić information content (AvgIpc) is 2.77. The van der Waals surface area contributed by atoms with Crippen LogP contribution in [0.1, 0.15) is 21.1 Å². The van der Waals surface area contributed by atoms with Crippen molar-refractivity contribution in [1.82, 2.24) is 9.71 Å². The largest absolute Gasteiger partial charge is 0.494 e. The molecule has 2 rings (SSSR count). The summed E-state index contributed by atoms with van der Waals surface area (Å²) in [6.45, 7) is 5.22. The molecule has 0 radical (unpaired) electrons. The van der Waals surface area contributed by atoms with Crippen LogP contribution in [0.4, 0.5) is 4.39 Å². The minimum absolute atomic E-state index is 0.0161. The standard InChI is InChI=1S/C14H17FN2O3S2/c1-8-13(6-5-12(20-4)14(8)15)22(18,19)16-7-11-9(2)21-10(3)17-11/h5-6,16H,7H2,1-4H3. The summed E-state index contributed by atoms with van der Waals surface area (Å²) < 4.78 is 46.0. The molecule has 0 aliphatic rings. The lowest BCUT2D eigenvalue weighted by molar-refractivity contribution is 0.384. The number of nitrogens with one attached hydrogen (secondary N) is 1. The first-order valence-corrected chi connectivity index (χ1v) is 8.82. The number of sulfonamides is 1. The predicted octanol–water partition coefficient (Wildman–Crippen LogP) is 2.69. The summed E-state index contributed by atoms with van der Waals surface area (Å²) in [5.74, 6) is -0.659. The third-order valence-electron chi connectivity index (χ3n) is 3.24. The SMILES string of the molecule is COc1ccc(S(=O)(=O)NCc2nc(C)sc2C)c(C)c1F. The van der Waals surface area contributed by atoms with E-state index in [0.717, 1.165) is 9.88 Å². The number of benzene rings is 1. The number of nitrogens with zero attached hydrogens (tertiary/aromatic N) is 1. The highest BCUT2D eigenvalue weighted by atomic mass is 32.2. The summed E-state index contributed by atoms with van der Waals surface area (Å²) in [6.07, 6.45) is 0. The lowest BCUT2D eigenvalue weighted by Crippen LogP contribution is -2.24. The Bertz CT molecular complexity index is 801. The van der Waals surface area contributed by atoms with E-state index in [1.165, 1.54) is 37.5 Å². The van der Waals surface area contributed by atoms with E-state index >= 15 is 0 Å². The second kappa shape index (κ2) is 6.31. The van der Waals surface area contributed by atoms with E-state index in [4.69, 9.17) is 4.74 Å². The molecule has 0 amide bonds. The highest BCUT2D eigenvalue weighted by molar-refractivity contribution is 7.89. The number of rotatable bonds is 5. The average molecular weight is 344 g/mol. The van der Waals surface area contributed by atoms with Gasteiger partial charge in [0.15, 0.2) is 11.6 Å². The molecule has 0 atom stereocenters. The molecular formula is C14H17FN2O3S2. The summed E-state index contributed by atoms with van der Waals surface area (Å²) in [4.78, 5) is 5.13. The molecule has 0 saturated heterocycles. The summed E-state index contributed by atoms with van der Waals surface area (Å²) >= 11 is 1.50. The minimum Gasteiger partial charge on any atom is -0.494 e. The molecule has 1 heterocycles. The Balaban J connectivity index is 2.28.